The van der Waals surface area contributed by atoms with Gasteiger partial charge in [-0.05, 0) is 31.6 Å². The van der Waals surface area contributed by atoms with Crippen molar-refractivity contribution in [3.8, 4) is 0 Å². The number of nitrogens with one attached hydrogen (secondary N) is 1. The van der Waals surface area contributed by atoms with Gasteiger partial charge in [-0.2, -0.15) is 0 Å². The minimum absolute atomic E-state index is 0.0694. The molecule has 3 nitrogen and oxygen atoms in total. The lowest BCUT2D eigenvalue weighted by Crippen LogP contribution is -2.26. The van der Waals surface area contributed by atoms with Crippen molar-refractivity contribution in [2.45, 2.75) is 39.2 Å². The van der Waals surface area contributed by atoms with Gasteiger partial charge in [0.25, 0.3) is 0 Å². The number of aliphatic hydroxyl groups is 1. The molecular weight excluding hydrogens is 166 g/mol. The molecular formula is C10H19NO2. The zero-order valence-electron chi connectivity index (χ0n) is 8.42. The second-order valence-electron chi connectivity index (χ2n) is 4.16. The quantitative estimate of drug-likeness (QED) is 0.669. The van der Waals surface area contributed by atoms with E-state index in [1.165, 1.54) is 6.42 Å². The fraction of sp³-hybridized carbons (Fsp3) is 0.900. The second kappa shape index (κ2) is 4.61. The van der Waals surface area contributed by atoms with E-state index < -0.39 is 0 Å². The molecule has 0 bridgehead atoms. The Hall–Kier alpha value is -0.570. The number of hydrogen-bond donors (Lipinski definition) is 2. The standard InChI is InChI=1S/C10H19NO2/c1-7-5-9(7)6-11-10(13)4-3-8(2)12/h7-9,12H,3-6H2,1-2H3,(H,11,13). The molecule has 1 aliphatic carbocycles. The lowest BCUT2D eigenvalue weighted by atomic mass is 10.2. The molecule has 1 aliphatic rings. The van der Waals surface area contributed by atoms with Gasteiger partial charge in [0.05, 0.1) is 6.10 Å². The molecule has 2 N–H and O–H groups in total. The SMILES string of the molecule is CC(O)CCC(=O)NCC1CC1C. The van der Waals surface area contributed by atoms with Gasteiger partial charge in [-0.1, -0.05) is 6.92 Å². The van der Waals surface area contributed by atoms with Crippen LogP contribution < -0.4 is 5.32 Å². The molecule has 0 aromatic rings. The molecule has 76 valence electrons. The highest BCUT2D eigenvalue weighted by Gasteiger charge is 2.32. The highest BCUT2D eigenvalue weighted by atomic mass is 16.3. The van der Waals surface area contributed by atoms with Crippen molar-refractivity contribution in [1.82, 2.24) is 5.32 Å². The summed E-state index contributed by atoms with van der Waals surface area (Å²) in [5.41, 5.74) is 0. The van der Waals surface area contributed by atoms with Crippen molar-refractivity contribution >= 4 is 5.91 Å². The van der Waals surface area contributed by atoms with Crippen molar-refractivity contribution in [3.63, 3.8) is 0 Å². The third-order valence-electron chi connectivity index (χ3n) is 2.63. The first kappa shape index (κ1) is 10.5. The monoisotopic (exact) mass is 185 g/mol. The van der Waals surface area contributed by atoms with E-state index in [2.05, 4.69) is 12.2 Å². The van der Waals surface area contributed by atoms with Gasteiger partial charge in [-0.25, -0.2) is 0 Å². The van der Waals surface area contributed by atoms with E-state index in [9.17, 15) is 4.79 Å². The molecule has 0 aliphatic heterocycles. The van der Waals surface area contributed by atoms with Crippen LogP contribution in [0.25, 0.3) is 0 Å². The van der Waals surface area contributed by atoms with Crippen LogP contribution in [0, 0.1) is 11.8 Å². The van der Waals surface area contributed by atoms with Gasteiger partial charge in [0, 0.05) is 13.0 Å². The van der Waals surface area contributed by atoms with Crippen LogP contribution in [-0.2, 0) is 4.79 Å². The fourth-order valence-electron chi connectivity index (χ4n) is 1.36. The fourth-order valence-corrected chi connectivity index (χ4v) is 1.36. The van der Waals surface area contributed by atoms with Crippen LogP contribution in [0.1, 0.15) is 33.1 Å². The molecule has 0 aromatic carbocycles. The third-order valence-corrected chi connectivity index (χ3v) is 2.63. The van der Waals surface area contributed by atoms with Gasteiger partial charge < -0.3 is 10.4 Å². The Balaban J connectivity index is 1.98. The molecule has 1 saturated carbocycles. The summed E-state index contributed by atoms with van der Waals surface area (Å²) < 4.78 is 0. The predicted octanol–water partition coefficient (Wildman–Crippen LogP) is 0.920. The van der Waals surface area contributed by atoms with Gasteiger partial charge in [0.2, 0.25) is 5.91 Å². The largest absolute Gasteiger partial charge is 0.393 e. The molecule has 0 spiro atoms. The van der Waals surface area contributed by atoms with Gasteiger partial charge in [-0.3, -0.25) is 4.79 Å². The number of hydrogen-bond acceptors (Lipinski definition) is 2. The van der Waals surface area contributed by atoms with Gasteiger partial charge >= 0.3 is 0 Å². The highest BCUT2D eigenvalue weighted by Crippen LogP contribution is 2.36. The molecule has 0 aromatic heterocycles. The molecule has 3 heteroatoms. The summed E-state index contributed by atoms with van der Waals surface area (Å²) in [6.07, 6.45) is 1.88. The maximum atomic E-state index is 11.2. The molecule has 3 unspecified atom stereocenters. The molecule has 1 rings (SSSR count). The van der Waals surface area contributed by atoms with Crippen molar-refractivity contribution < 1.29 is 9.90 Å². The Labute approximate surface area is 79.5 Å². The average molecular weight is 185 g/mol. The third kappa shape index (κ3) is 4.27. The van der Waals surface area contributed by atoms with Crippen LogP contribution in [-0.4, -0.2) is 23.7 Å². The summed E-state index contributed by atoms with van der Waals surface area (Å²) >= 11 is 0. The lowest BCUT2D eigenvalue weighted by molar-refractivity contribution is -0.121. The Morgan fingerprint density at radius 1 is 1.69 bits per heavy atom. The van der Waals surface area contributed by atoms with Crippen LogP contribution in [0.5, 0.6) is 0 Å². The molecule has 1 fully saturated rings. The Bertz CT molecular complexity index is 180. The predicted molar refractivity (Wildman–Crippen MR) is 51.2 cm³/mol. The molecule has 0 saturated heterocycles. The van der Waals surface area contributed by atoms with E-state index in [4.69, 9.17) is 5.11 Å². The topological polar surface area (TPSA) is 49.3 Å². The zero-order chi connectivity index (χ0) is 9.84. The molecule has 1 amide bonds. The first-order valence-corrected chi connectivity index (χ1v) is 5.04. The summed E-state index contributed by atoms with van der Waals surface area (Å²) in [4.78, 5) is 11.2. The zero-order valence-corrected chi connectivity index (χ0v) is 8.42. The summed E-state index contributed by atoms with van der Waals surface area (Å²) in [5, 5.41) is 11.8. The molecule has 3 atom stereocenters. The summed E-state index contributed by atoms with van der Waals surface area (Å²) in [6, 6.07) is 0. The van der Waals surface area contributed by atoms with Gasteiger partial charge in [-0.15, -0.1) is 0 Å². The summed E-state index contributed by atoms with van der Waals surface area (Å²) in [7, 11) is 0. The minimum atomic E-state index is -0.370. The average Bonchev–Trinajstić information content (AvgIpc) is 2.75. The van der Waals surface area contributed by atoms with Crippen molar-refractivity contribution in [1.29, 1.82) is 0 Å². The number of carbonyl (C=O) groups is 1. The number of amides is 1. The molecule has 0 heterocycles. The number of carbonyl (C=O) groups excluding carboxylic acids is 1. The minimum Gasteiger partial charge on any atom is -0.393 e. The molecule has 13 heavy (non-hydrogen) atoms. The second-order valence-corrected chi connectivity index (χ2v) is 4.16. The normalized spacial score (nSPS) is 28.2. The summed E-state index contributed by atoms with van der Waals surface area (Å²) in [6.45, 7) is 4.72. The Morgan fingerprint density at radius 3 is 2.77 bits per heavy atom. The van der Waals surface area contributed by atoms with E-state index in [1.807, 2.05) is 0 Å². The first-order valence-electron chi connectivity index (χ1n) is 5.04. The smallest absolute Gasteiger partial charge is 0.220 e. The van der Waals surface area contributed by atoms with E-state index in [-0.39, 0.29) is 12.0 Å². The lowest BCUT2D eigenvalue weighted by Gasteiger charge is -2.05. The maximum Gasteiger partial charge on any atom is 0.220 e. The van der Waals surface area contributed by atoms with Crippen LogP contribution in [0.3, 0.4) is 0 Å². The van der Waals surface area contributed by atoms with Crippen molar-refractivity contribution in [2.24, 2.45) is 11.8 Å². The van der Waals surface area contributed by atoms with Crippen molar-refractivity contribution in [3.05, 3.63) is 0 Å². The Morgan fingerprint density at radius 2 is 2.31 bits per heavy atom. The van der Waals surface area contributed by atoms with E-state index in [0.29, 0.717) is 18.8 Å². The van der Waals surface area contributed by atoms with E-state index in [0.717, 1.165) is 12.5 Å². The molecule has 0 radical (unpaired) electrons. The van der Waals surface area contributed by atoms with Crippen LogP contribution >= 0.6 is 0 Å². The van der Waals surface area contributed by atoms with Crippen molar-refractivity contribution in [2.75, 3.05) is 6.54 Å². The van der Waals surface area contributed by atoms with Gasteiger partial charge in [0.15, 0.2) is 0 Å². The number of aliphatic hydroxyl groups excluding tert-OH is 1. The van der Waals surface area contributed by atoms with Crippen LogP contribution in [0.4, 0.5) is 0 Å². The first-order chi connectivity index (χ1) is 6.09. The number of rotatable bonds is 5. The van der Waals surface area contributed by atoms with Gasteiger partial charge in [0.1, 0.15) is 0 Å². The van der Waals surface area contributed by atoms with Crippen LogP contribution in [0.2, 0.25) is 0 Å². The van der Waals surface area contributed by atoms with E-state index >= 15 is 0 Å². The summed E-state index contributed by atoms with van der Waals surface area (Å²) in [5.74, 6) is 1.56. The Kier molecular flexibility index (Phi) is 3.72. The maximum absolute atomic E-state index is 11.2. The highest BCUT2D eigenvalue weighted by molar-refractivity contribution is 5.75. The van der Waals surface area contributed by atoms with E-state index in [1.54, 1.807) is 6.92 Å². The van der Waals surface area contributed by atoms with Crippen LogP contribution in [0.15, 0.2) is 0 Å².